The highest BCUT2D eigenvalue weighted by molar-refractivity contribution is 7.89. The molecule has 8 heteroatoms. The number of ether oxygens (including phenoxy) is 1. The summed E-state index contributed by atoms with van der Waals surface area (Å²) in [7, 11) is -2.05. The zero-order chi connectivity index (χ0) is 14.3. The third-order valence-electron chi connectivity index (χ3n) is 2.36. The van der Waals surface area contributed by atoms with Crippen LogP contribution in [0.4, 0.5) is 0 Å². The van der Waals surface area contributed by atoms with Gasteiger partial charge in [-0.2, -0.15) is 0 Å². The molecule has 1 atom stereocenters. The fourth-order valence-corrected chi connectivity index (χ4v) is 2.45. The maximum atomic E-state index is 11.8. The average Bonchev–Trinajstić information content (AvgIpc) is 2.26. The Bertz CT molecular complexity index is 395. The van der Waals surface area contributed by atoms with Gasteiger partial charge in [-0.3, -0.25) is 4.79 Å². The number of sulfonamides is 1. The van der Waals surface area contributed by atoms with Crippen LogP contribution in [0, 0.1) is 5.92 Å². The number of esters is 1. The lowest BCUT2D eigenvalue weighted by molar-refractivity contribution is -0.142. The van der Waals surface area contributed by atoms with Gasteiger partial charge in [0.25, 0.3) is 0 Å². The molecule has 1 unspecified atom stereocenters. The van der Waals surface area contributed by atoms with Crippen molar-refractivity contribution < 1.29 is 17.9 Å². The number of thiocarbonyl (C=S) groups is 1. The normalized spacial score (nSPS) is 13.3. The molecule has 0 heterocycles. The molecule has 0 aromatic heterocycles. The highest BCUT2D eigenvalue weighted by Gasteiger charge is 2.22. The molecule has 0 aliphatic heterocycles. The fraction of sp³-hybridized carbons (Fsp3) is 0.800. The van der Waals surface area contributed by atoms with Crippen LogP contribution in [0.1, 0.15) is 20.3 Å². The molecule has 6 nitrogen and oxygen atoms in total. The number of nitrogens with zero attached hydrogens (tertiary/aromatic N) is 1. The Morgan fingerprint density at radius 1 is 1.50 bits per heavy atom. The standard InChI is InChI=1S/C10H20N2O4S2/c1-4-16-9(13)5-6-18(14,15)12(3)7-8(2)10(11)17/h8H,4-7H2,1-3H3,(H2,11,17). The van der Waals surface area contributed by atoms with Gasteiger partial charge in [0, 0.05) is 19.5 Å². The minimum atomic E-state index is -3.48. The van der Waals surface area contributed by atoms with Gasteiger partial charge in [-0.05, 0) is 6.92 Å². The van der Waals surface area contributed by atoms with E-state index >= 15 is 0 Å². The molecular formula is C10H20N2O4S2. The van der Waals surface area contributed by atoms with Gasteiger partial charge in [-0.15, -0.1) is 0 Å². The molecular weight excluding hydrogens is 276 g/mol. The van der Waals surface area contributed by atoms with Crippen molar-refractivity contribution in [1.82, 2.24) is 4.31 Å². The van der Waals surface area contributed by atoms with E-state index in [1.165, 1.54) is 7.05 Å². The highest BCUT2D eigenvalue weighted by atomic mass is 32.2. The van der Waals surface area contributed by atoms with Crippen LogP contribution in [0.3, 0.4) is 0 Å². The molecule has 0 aliphatic carbocycles. The Hall–Kier alpha value is -0.730. The second kappa shape index (κ2) is 7.65. The van der Waals surface area contributed by atoms with Crippen molar-refractivity contribution in [1.29, 1.82) is 0 Å². The largest absolute Gasteiger partial charge is 0.466 e. The van der Waals surface area contributed by atoms with Gasteiger partial charge >= 0.3 is 5.97 Å². The van der Waals surface area contributed by atoms with Crippen LogP contribution >= 0.6 is 12.2 Å². The zero-order valence-corrected chi connectivity index (χ0v) is 12.5. The number of carbonyl (C=O) groups is 1. The number of nitrogens with two attached hydrogens (primary N) is 1. The van der Waals surface area contributed by atoms with E-state index in [4.69, 9.17) is 18.0 Å². The van der Waals surface area contributed by atoms with Crippen molar-refractivity contribution in [2.45, 2.75) is 20.3 Å². The van der Waals surface area contributed by atoms with Gasteiger partial charge < -0.3 is 10.5 Å². The predicted molar refractivity (Wildman–Crippen MR) is 73.6 cm³/mol. The first-order valence-electron chi connectivity index (χ1n) is 5.59. The van der Waals surface area contributed by atoms with Crippen molar-refractivity contribution in [3.05, 3.63) is 0 Å². The van der Waals surface area contributed by atoms with Gasteiger partial charge in [0.05, 0.1) is 23.8 Å². The molecule has 0 bridgehead atoms. The topological polar surface area (TPSA) is 89.7 Å². The molecule has 0 amide bonds. The van der Waals surface area contributed by atoms with Crippen LogP contribution in [0.2, 0.25) is 0 Å². The Morgan fingerprint density at radius 3 is 2.50 bits per heavy atom. The Balaban J connectivity index is 4.36. The summed E-state index contributed by atoms with van der Waals surface area (Å²) in [6.07, 6.45) is -0.151. The zero-order valence-electron chi connectivity index (χ0n) is 10.9. The summed E-state index contributed by atoms with van der Waals surface area (Å²) in [6.45, 7) is 3.87. The molecule has 0 fully saturated rings. The lowest BCUT2D eigenvalue weighted by Crippen LogP contribution is -2.37. The van der Waals surface area contributed by atoms with Crippen molar-refractivity contribution in [2.75, 3.05) is 26.0 Å². The van der Waals surface area contributed by atoms with Crippen LogP contribution in [0.15, 0.2) is 0 Å². The maximum Gasteiger partial charge on any atom is 0.306 e. The number of carbonyl (C=O) groups excluding carboxylic acids is 1. The maximum absolute atomic E-state index is 11.8. The van der Waals surface area contributed by atoms with Crippen molar-refractivity contribution in [3.63, 3.8) is 0 Å². The van der Waals surface area contributed by atoms with Gasteiger partial charge in [-0.1, -0.05) is 19.1 Å². The van der Waals surface area contributed by atoms with Gasteiger partial charge in [0.2, 0.25) is 10.0 Å². The summed E-state index contributed by atoms with van der Waals surface area (Å²) in [5.74, 6) is -0.994. The second-order valence-electron chi connectivity index (χ2n) is 3.95. The van der Waals surface area contributed by atoms with Gasteiger partial charge in [-0.25, -0.2) is 12.7 Å². The van der Waals surface area contributed by atoms with E-state index in [9.17, 15) is 13.2 Å². The van der Waals surface area contributed by atoms with E-state index in [1.807, 2.05) is 0 Å². The molecule has 0 saturated heterocycles. The van der Waals surface area contributed by atoms with E-state index in [0.717, 1.165) is 4.31 Å². The van der Waals surface area contributed by atoms with E-state index in [-0.39, 0.29) is 36.2 Å². The smallest absolute Gasteiger partial charge is 0.306 e. The quantitative estimate of drug-likeness (QED) is 0.505. The molecule has 0 aromatic carbocycles. The average molecular weight is 296 g/mol. The van der Waals surface area contributed by atoms with E-state index in [1.54, 1.807) is 13.8 Å². The van der Waals surface area contributed by atoms with Crippen molar-refractivity contribution in [2.24, 2.45) is 11.7 Å². The predicted octanol–water partition coefficient (Wildman–Crippen LogP) is 0.123. The van der Waals surface area contributed by atoms with E-state index < -0.39 is 16.0 Å². The number of rotatable bonds is 8. The Kier molecular flexibility index (Phi) is 7.34. The minimum absolute atomic E-state index is 0.151. The minimum Gasteiger partial charge on any atom is -0.466 e. The fourth-order valence-electron chi connectivity index (χ4n) is 1.19. The lowest BCUT2D eigenvalue weighted by atomic mass is 10.2. The summed E-state index contributed by atoms with van der Waals surface area (Å²) >= 11 is 4.78. The molecule has 0 saturated carbocycles. The molecule has 2 N–H and O–H groups in total. The van der Waals surface area contributed by atoms with Gasteiger partial charge in [0.15, 0.2) is 0 Å². The van der Waals surface area contributed by atoms with Gasteiger partial charge in [0.1, 0.15) is 0 Å². The van der Waals surface area contributed by atoms with Crippen molar-refractivity contribution >= 4 is 33.2 Å². The third kappa shape index (κ3) is 6.27. The summed E-state index contributed by atoms with van der Waals surface area (Å²) in [5, 5.41) is 0. The third-order valence-corrected chi connectivity index (χ3v) is 4.58. The number of hydrogen-bond donors (Lipinski definition) is 1. The van der Waals surface area contributed by atoms with Crippen molar-refractivity contribution in [3.8, 4) is 0 Å². The summed E-state index contributed by atoms with van der Waals surface area (Å²) in [6, 6.07) is 0. The summed E-state index contributed by atoms with van der Waals surface area (Å²) in [5.41, 5.74) is 5.43. The number of hydrogen-bond acceptors (Lipinski definition) is 5. The summed E-state index contributed by atoms with van der Waals surface area (Å²) in [4.78, 5) is 11.4. The molecule has 0 aliphatic rings. The first kappa shape index (κ1) is 17.3. The van der Waals surface area contributed by atoms with Crippen LogP contribution < -0.4 is 5.73 Å². The Morgan fingerprint density at radius 2 is 2.06 bits per heavy atom. The molecule has 0 spiro atoms. The van der Waals surface area contributed by atoms with Crippen LogP contribution in [-0.2, 0) is 19.6 Å². The first-order valence-corrected chi connectivity index (χ1v) is 7.61. The van der Waals surface area contributed by atoms with E-state index in [0.29, 0.717) is 0 Å². The molecule has 18 heavy (non-hydrogen) atoms. The van der Waals surface area contributed by atoms with Crippen LogP contribution in [0.5, 0.6) is 0 Å². The van der Waals surface area contributed by atoms with Crippen LogP contribution in [-0.4, -0.2) is 49.6 Å². The molecule has 106 valence electrons. The first-order chi connectivity index (χ1) is 8.20. The molecule has 0 radical (unpaired) electrons. The second-order valence-corrected chi connectivity index (χ2v) is 6.62. The molecule has 0 rings (SSSR count). The lowest BCUT2D eigenvalue weighted by Gasteiger charge is -2.20. The SMILES string of the molecule is CCOC(=O)CCS(=O)(=O)N(C)CC(C)C(N)=S. The molecule has 0 aromatic rings. The highest BCUT2D eigenvalue weighted by Crippen LogP contribution is 2.06. The Labute approximate surface area is 114 Å². The monoisotopic (exact) mass is 296 g/mol. The van der Waals surface area contributed by atoms with Crippen LogP contribution in [0.25, 0.3) is 0 Å². The van der Waals surface area contributed by atoms with E-state index in [2.05, 4.69) is 4.74 Å². The summed E-state index contributed by atoms with van der Waals surface area (Å²) < 4.78 is 29.5.